The first-order valence-corrected chi connectivity index (χ1v) is 10.4. The molecule has 1 saturated heterocycles. The lowest BCUT2D eigenvalue weighted by Crippen LogP contribution is -2.34. The first-order chi connectivity index (χ1) is 14.3. The van der Waals surface area contributed by atoms with E-state index in [9.17, 15) is 13.6 Å². The zero-order chi connectivity index (χ0) is 21.5. The predicted octanol–water partition coefficient (Wildman–Crippen LogP) is 3.75. The molecule has 1 saturated carbocycles. The van der Waals surface area contributed by atoms with Crippen LogP contribution in [0.4, 0.5) is 13.6 Å². The van der Waals surface area contributed by atoms with Gasteiger partial charge >= 0.3 is 6.03 Å². The van der Waals surface area contributed by atoms with Gasteiger partial charge in [0.2, 0.25) is 11.8 Å². The zero-order valence-electron chi connectivity index (χ0n) is 17.2. The highest BCUT2D eigenvalue weighted by Crippen LogP contribution is 2.41. The van der Waals surface area contributed by atoms with Crippen molar-refractivity contribution >= 4 is 17.1 Å². The van der Waals surface area contributed by atoms with Gasteiger partial charge in [0.15, 0.2) is 5.58 Å². The van der Waals surface area contributed by atoms with E-state index >= 15 is 0 Å². The summed E-state index contributed by atoms with van der Waals surface area (Å²) in [6.07, 6.45) is 0.419. The fraction of sp³-hybridized carbons (Fsp3) is 0.619. The Morgan fingerprint density at radius 1 is 1.40 bits per heavy atom. The van der Waals surface area contributed by atoms with Crippen molar-refractivity contribution in [2.24, 2.45) is 11.7 Å². The van der Waals surface area contributed by atoms with Gasteiger partial charge in [-0.3, -0.25) is 0 Å². The highest BCUT2D eigenvalue weighted by Gasteiger charge is 2.38. The van der Waals surface area contributed by atoms with Gasteiger partial charge in [-0.25, -0.2) is 18.6 Å². The lowest BCUT2D eigenvalue weighted by atomic mass is 9.82. The number of nitrogens with two attached hydrogens (primary N) is 1. The molecule has 1 aliphatic heterocycles. The van der Waals surface area contributed by atoms with Crippen LogP contribution in [0, 0.1) is 5.92 Å². The third-order valence-corrected chi connectivity index (χ3v) is 6.17. The van der Waals surface area contributed by atoms with Crippen molar-refractivity contribution in [1.29, 1.82) is 0 Å². The average molecular weight is 422 g/mol. The Hall–Kier alpha value is -2.26. The van der Waals surface area contributed by atoms with Crippen LogP contribution in [0.2, 0.25) is 0 Å². The van der Waals surface area contributed by atoms with Crippen molar-refractivity contribution in [3.63, 3.8) is 0 Å². The number of hydrogen-bond donors (Lipinski definition) is 2. The van der Waals surface area contributed by atoms with Gasteiger partial charge < -0.3 is 25.1 Å². The molecule has 2 fully saturated rings. The van der Waals surface area contributed by atoms with Crippen molar-refractivity contribution in [1.82, 2.24) is 15.2 Å². The Bertz CT molecular complexity index is 909. The van der Waals surface area contributed by atoms with Crippen LogP contribution in [-0.2, 0) is 4.74 Å². The molecule has 0 spiro atoms. The smallest absolute Gasteiger partial charge is 0.318 e. The first kappa shape index (κ1) is 21.0. The van der Waals surface area contributed by atoms with Crippen molar-refractivity contribution < 1.29 is 22.7 Å². The van der Waals surface area contributed by atoms with E-state index < -0.39 is 12.0 Å². The molecule has 1 aromatic heterocycles. The zero-order valence-corrected chi connectivity index (χ0v) is 17.2. The van der Waals surface area contributed by atoms with Crippen LogP contribution in [0.25, 0.3) is 11.1 Å². The summed E-state index contributed by atoms with van der Waals surface area (Å²) in [5.41, 5.74) is 8.42. The molecule has 1 aliphatic carbocycles. The maximum atomic E-state index is 13.5. The van der Waals surface area contributed by atoms with E-state index in [1.807, 2.05) is 25.1 Å². The number of carbonyl (C=O) groups excluding carboxylic acids is 1. The fourth-order valence-corrected chi connectivity index (χ4v) is 4.45. The topological polar surface area (TPSA) is 93.6 Å². The van der Waals surface area contributed by atoms with Crippen LogP contribution in [-0.4, -0.2) is 48.1 Å². The summed E-state index contributed by atoms with van der Waals surface area (Å²) in [5, 5.41) is 2.90. The van der Waals surface area contributed by atoms with E-state index in [0.29, 0.717) is 43.0 Å². The summed E-state index contributed by atoms with van der Waals surface area (Å²) >= 11 is 0. The number of halogens is 2. The molecule has 0 bridgehead atoms. The average Bonchev–Trinajstić information content (AvgIpc) is 3.27. The number of hydrogen-bond acceptors (Lipinski definition) is 5. The normalized spacial score (nSPS) is 24.2. The highest BCUT2D eigenvalue weighted by molar-refractivity contribution is 5.78. The number of fused-ring (bicyclic) bond motifs is 1. The van der Waals surface area contributed by atoms with Gasteiger partial charge in [0.05, 0.1) is 18.7 Å². The number of urea groups is 1. The van der Waals surface area contributed by atoms with E-state index in [0.717, 1.165) is 5.56 Å². The number of oxazole rings is 1. The lowest BCUT2D eigenvalue weighted by Gasteiger charge is -2.30. The Labute approximate surface area is 173 Å². The van der Waals surface area contributed by atoms with Crippen LogP contribution in [0.3, 0.4) is 0 Å². The number of amides is 2. The highest BCUT2D eigenvalue weighted by atomic mass is 19.3. The van der Waals surface area contributed by atoms with Crippen molar-refractivity contribution in [3.8, 4) is 0 Å². The van der Waals surface area contributed by atoms with Crippen LogP contribution in [0.15, 0.2) is 22.6 Å². The lowest BCUT2D eigenvalue weighted by molar-refractivity contribution is -0.0491. The standard InChI is InChI=1S/C21H28F2N4O3/c1-12-10-27(20(28)25-12)16(11-29-2)14-3-4-17-15(9-14)26-19(30-17)18(24)13-5-7-21(22,23)8-6-13/h3-4,9,12-13,16,18H,5-8,10-11,24H2,1-2H3,(H,25,28)/t12-,16-,18+/m1/s1. The third kappa shape index (κ3) is 4.13. The number of rotatable bonds is 6. The molecular formula is C21H28F2N4O3. The summed E-state index contributed by atoms with van der Waals surface area (Å²) in [6, 6.07) is 4.76. The Balaban J connectivity index is 1.56. The largest absolute Gasteiger partial charge is 0.439 e. The molecule has 3 N–H and O–H groups in total. The molecule has 9 heteroatoms. The van der Waals surface area contributed by atoms with E-state index in [4.69, 9.17) is 14.9 Å². The molecule has 2 heterocycles. The molecular weight excluding hydrogens is 394 g/mol. The van der Waals surface area contributed by atoms with Crippen molar-refractivity contribution in [2.45, 2.75) is 56.7 Å². The summed E-state index contributed by atoms with van der Waals surface area (Å²) in [6.45, 7) is 2.90. The Kier molecular flexibility index (Phi) is 5.67. The van der Waals surface area contributed by atoms with Gasteiger partial charge in [0.1, 0.15) is 5.52 Å². The minimum atomic E-state index is -2.60. The third-order valence-electron chi connectivity index (χ3n) is 6.17. The Morgan fingerprint density at radius 2 is 2.13 bits per heavy atom. The Morgan fingerprint density at radius 3 is 2.77 bits per heavy atom. The molecule has 2 amide bonds. The maximum Gasteiger partial charge on any atom is 0.318 e. The SMILES string of the molecule is COC[C@H](c1ccc2oc([C@@H](N)C3CCC(F)(F)CC3)nc2c1)N1C[C@@H](C)NC1=O. The molecule has 7 nitrogen and oxygen atoms in total. The number of aromatic nitrogens is 1. The minimum Gasteiger partial charge on any atom is -0.439 e. The number of carbonyl (C=O) groups is 1. The molecule has 3 atom stereocenters. The number of methoxy groups -OCH3 is 1. The van der Waals surface area contributed by atoms with Crippen LogP contribution in [0.1, 0.15) is 56.1 Å². The van der Waals surface area contributed by atoms with Gasteiger partial charge in [-0.2, -0.15) is 0 Å². The quantitative estimate of drug-likeness (QED) is 0.739. The summed E-state index contributed by atoms with van der Waals surface area (Å²) in [4.78, 5) is 18.6. The van der Waals surface area contributed by atoms with Gasteiger partial charge in [-0.1, -0.05) is 6.07 Å². The van der Waals surface area contributed by atoms with Crippen molar-refractivity contribution in [2.75, 3.05) is 20.3 Å². The van der Waals surface area contributed by atoms with E-state index in [1.54, 1.807) is 12.0 Å². The van der Waals surface area contributed by atoms with Crippen LogP contribution in [0.5, 0.6) is 0 Å². The van der Waals surface area contributed by atoms with E-state index in [-0.39, 0.29) is 36.9 Å². The molecule has 2 aromatic rings. The van der Waals surface area contributed by atoms with Crippen LogP contribution >= 0.6 is 0 Å². The number of alkyl halides is 2. The van der Waals surface area contributed by atoms with E-state index in [1.165, 1.54) is 0 Å². The van der Waals surface area contributed by atoms with Crippen molar-refractivity contribution in [3.05, 3.63) is 29.7 Å². The van der Waals surface area contributed by atoms with Crippen LogP contribution < -0.4 is 11.1 Å². The summed E-state index contributed by atoms with van der Waals surface area (Å²) < 4.78 is 38.1. The van der Waals surface area contributed by atoms with Gasteiger partial charge in [0.25, 0.3) is 0 Å². The van der Waals surface area contributed by atoms with E-state index in [2.05, 4.69) is 10.3 Å². The number of ether oxygens (including phenoxy) is 1. The second-order valence-electron chi connectivity index (χ2n) is 8.47. The number of benzene rings is 1. The molecule has 164 valence electrons. The molecule has 4 rings (SSSR count). The molecule has 0 radical (unpaired) electrons. The first-order valence-electron chi connectivity index (χ1n) is 10.4. The maximum absolute atomic E-state index is 13.5. The fourth-order valence-electron chi connectivity index (χ4n) is 4.45. The predicted molar refractivity (Wildman–Crippen MR) is 107 cm³/mol. The minimum absolute atomic E-state index is 0.0695. The molecule has 30 heavy (non-hydrogen) atoms. The summed E-state index contributed by atoms with van der Waals surface area (Å²) in [7, 11) is 1.60. The molecule has 2 aliphatic rings. The number of nitrogens with one attached hydrogen (secondary N) is 1. The second kappa shape index (κ2) is 8.11. The van der Waals surface area contributed by atoms with Gasteiger partial charge in [0, 0.05) is 32.5 Å². The molecule has 1 aromatic carbocycles. The molecule has 0 unspecified atom stereocenters. The summed E-state index contributed by atoms with van der Waals surface area (Å²) in [5.74, 6) is -2.30. The monoisotopic (exact) mass is 422 g/mol. The van der Waals surface area contributed by atoms with Gasteiger partial charge in [-0.15, -0.1) is 0 Å². The number of nitrogens with zero attached hydrogens (tertiary/aromatic N) is 2. The van der Waals surface area contributed by atoms with Gasteiger partial charge in [-0.05, 0) is 43.4 Å². The second-order valence-corrected chi connectivity index (χ2v) is 8.47.